The number of aromatic nitrogens is 1. The number of hydrogen-bond acceptors (Lipinski definition) is 5. The summed E-state index contributed by atoms with van der Waals surface area (Å²) in [6, 6.07) is 3.98. The van der Waals surface area contributed by atoms with Gasteiger partial charge in [0, 0.05) is 30.7 Å². The predicted octanol–water partition coefficient (Wildman–Crippen LogP) is 6.31. The van der Waals surface area contributed by atoms with Crippen LogP contribution < -0.4 is 5.73 Å². The molecule has 32 heavy (non-hydrogen) atoms. The van der Waals surface area contributed by atoms with Gasteiger partial charge in [-0.25, -0.2) is 9.98 Å². The third-order valence-electron chi connectivity index (χ3n) is 5.04. The average Bonchev–Trinajstić information content (AvgIpc) is 3.01. The number of halogens is 2. The fourth-order valence-electron chi connectivity index (χ4n) is 3.38. The number of hydrogen-bond donors (Lipinski definition) is 1. The van der Waals surface area contributed by atoms with Crippen molar-refractivity contribution in [3.8, 4) is 0 Å². The number of pyridine rings is 1. The summed E-state index contributed by atoms with van der Waals surface area (Å²) in [5.74, 6) is 2.03. The minimum Gasteiger partial charge on any atom is -0.325 e. The van der Waals surface area contributed by atoms with Crippen LogP contribution in [0.1, 0.15) is 52.1 Å². The average molecular weight is 678 g/mol. The van der Waals surface area contributed by atoms with Crippen LogP contribution in [0.3, 0.4) is 0 Å². The first-order chi connectivity index (χ1) is 14.9. The van der Waals surface area contributed by atoms with Crippen LogP contribution in [0, 0.1) is 0 Å². The molecule has 0 aliphatic carbocycles. The van der Waals surface area contributed by atoms with Gasteiger partial charge in [-0.05, 0) is 50.8 Å². The third kappa shape index (κ3) is 7.36. The van der Waals surface area contributed by atoms with Crippen molar-refractivity contribution in [3.63, 3.8) is 0 Å². The molecule has 0 spiro atoms. The van der Waals surface area contributed by atoms with Crippen molar-refractivity contribution in [2.45, 2.75) is 58.3 Å². The molecule has 9 heteroatoms. The number of thioether (sulfide) groups is 1. The van der Waals surface area contributed by atoms with Crippen LogP contribution in [0.4, 0.5) is 0 Å². The van der Waals surface area contributed by atoms with E-state index >= 15 is 0 Å². The van der Waals surface area contributed by atoms with Gasteiger partial charge in [0.25, 0.3) is 0 Å². The van der Waals surface area contributed by atoms with Crippen LogP contribution in [0.25, 0.3) is 0 Å². The van der Waals surface area contributed by atoms with Crippen molar-refractivity contribution >= 4 is 74.5 Å². The lowest BCUT2D eigenvalue weighted by atomic mass is 9.90. The Kier molecular flexibility index (Phi) is 9.92. The maximum atomic E-state index is 6.41. The summed E-state index contributed by atoms with van der Waals surface area (Å²) < 4.78 is -0.129. The summed E-state index contributed by atoms with van der Waals surface area (Å²) in [6.45, 7) is 14.8. The van der Waals surface area contributed by atoms with Gasteiger partial charge in [-0.15, -0.1) is 0 Å². The van der Waals surface area contributed by atoms with E-state index in [1.165, 1.54) is 11.8 Å². The highest BCUT2D eigenvalue weighted by atomic mass is 127. The Hall–Kier alpha value is -0.790. The first-order valence-corrected chi connectivity index (χ1v) is 13.4. The van der Waals surface area contributed by atoms with Crippen LogP contribution in [0.5, 0.6) is 0 Å². The standard InChI is InChI=1S/C23H32I2N6S/c1-8-12-22(4,26)13-11-15(2)20-30-19(27-6)21(31(20)7)29-16(3)32-17-10-9-14-28-18(17)23(5,24)25/h9-10,14H,2-3,8,11-13,26H2,1,4-7H3/b27-19+,29-21+. The molecule has 0 radical (unpaired) electrons. The number of nitrogens with zero attached hydrogens (tertiary/aromatic N) is 5. The number of rotatable bonds is 10. The van der Waals surface area contributed by atoms with E-state index in [2.05, 4.69) is 94.1 Å². The molecule has 1 aliphatic rings. The van der Waals surface area contributed by atoms with E-state index in [0.717, 1.165) is 47.7 Å². The zero-order valence-corrected chi connectivity index (χ0v) is 24.6. The largest absolute Gasteiger partial charge is 0.325 e. The molecule has 0 bridgehead atoms. The van der Waals surface area contributed by atoms with Gasteiger partial charge in [-0.1, -0.05) is 83.4 Å². The molecule has 2 rings (SSSR count). The Balaban J connectivity index is 2.18. The Morgan fingerprint density at radius 1 is 1.28 bits per heavy atom. The van der Waals surface area contributed by atoms with Gasteiger partial charge < -0.3 is 10.6 Å². The SMILES string of the molecule is C=C(/N=C1\C(=N/C)N=C(C(=C)CCC(C)(N)CCC)N1C)Sc1cccnc1C(C)(I)I. The number of amidine groups is 3. The van der Waals surface area contributed by atoms with Crippen LogP contribution in [0.2, 0.25) is 0 Å². The maximum absolute atomic E-state index is 6.41. The Morgan fingerprint density at radius 2 is 1.97 bits per heavy atom. The van der Waals surface area contributed by atoms with Gasteiger partial charge in [0.05, 0.1) is 10.7 Å². The number of nitrogens with two attached hydrogens (primary N) is 1. The normalized spacial score (nSPS) is 18.8. The van der Waals surface area contributed by atoms with Crippen molar-refractivity contribution in [2.75, 3.05) is 14.1 Å². The van der Waals surface area contributed by atoms with Crippen LogP contribution in [-0.2, 0) is 1.43 Å². The van der Waals surface area contributed by atoms with Crippen molar-refractivity contribution in [1.29, 1.82) is 0 Å². The van der Waals surface area contributed by atoms with E-state index < -0.39 is 0 Å². The van der Waals surface area contributed by atoms with Gasteiger partial charge in [0.15, 0.2) is 11.7 Å². The summed E-state index contributed by atoms with van der Waals surface area (Å²) in [4.78, 5) is 21.3. The molecular formula is C23H32I2N6S. The number of aliphatic imine (C=N–C) groups is 3. The molecule has 6 nitrogen and oxygen atoms in total. The second-order valence-corrected chi connectivity index (χ2v) is 15.7. The van der Waals surface area contributed by atoms with E-state index in [1.807, 2.05) is 30.3 Å². The summed E-state index contributed by atoms with van der Waals surface area (Å²) >= 11 is 6.28. The van der Waals surface area contributed by atoms with Gasteiger partial charge in [-0.2, -0.15) is 0 Å². The zero-order valence-electron chi connectivity index (χ0n) is 19.5. The van der Waals surface area contributed by atoms with Crippen molar-refractivity contribution in [1.82, 2.24) is 9.88 Å². The van der Waals surface area contributed by atoms with Crippen molar-refractivity contribution in [3.05, 3.63) is 47.8 Å². The maximum Gasteiger partial charge on any atom is 0.193 e. The molecule has 0 saturated heterocycles. The van der Waals surface area contributed by atoms with Gasteiger partial charge >= 0.3 is 0 Å². The molecule has 0 amide bonds. The lowest BCUT2D eigenvalue weighted by Crippen LogP contribution is -2.36. The van der Waals surface area contributed by atoms with Gasteiger partial charge in [0.2, 0.25) is 0 Å². The van der Waals surface area contributed by atoms with E-state index in [1.54, 1.807) is 7.05 Å². The third-order valence-corrected chi connectivity index (χ3v) is 6.94. The van der Waals surface area contributed by atoms with Crippen molar-refractivity contribution in [2.24, 2.45) is 20.7 Å². The minimum atomic E-state index is -0.202. The number of likely N-dealkylation sites (N-methyl/N-ethyl adjacent to an activating group) is 1. The lowest BCUT2D eigenvalue weighted by Gasteiger charge is -2.25. The van der Waals surface area contributed by atoms with Crippen molar-refractivity contribution < 1.29 is 0 Å². The molecule has 0 fully saturated rings. The highest BCUT2D eigenvalue weighted by molar-refractivity contribution is 14.2. The number of alkyl halides is 2. The topological polar surface area (TPSA) is 79.2 Å². The highest BCUT2D eigenvalue weighted by Gasteiger charge is 2.29. The second kappa shape index (κ2) is 11.6. The summed E-state index contributed by atoms with van der Waals surface area (Å²) in [5.41, 5.74) is 8.14. The van der Waals surface area contributed by atoms with E-state index in [0.29, 0.717) is 16.7 Å². The summed E-state index contributed by atoms with van der Waals surface area (Å²) in [5, 5.41) is 0.652. The monoisotopic (exact) mass is 678 g/mol. The fraction of sp³-hybridized carbons (Fsp3) is 0.478. The van der Waals surface area contributed by atoms with Crippen LogP contribution in [0.15, 0.2) is 62.0 Å². The molecule has 1 atom stereocenters. The van der Waals surface area contributed by atoms with E-state index in [4.69, 9.17) is 10.7 Å². The summed E-state index contributed by atoms with van der Waals surface area (Å²) in [6.07, 6.45) is 5.50. The van der Waals surface area contributed by atoms with E-state index in [-0.39, 0.29) is 6.97 Å². The predicted molar refractivity (Wildman–Crippen MR) is 156 cm³/mol. The smallest absolute Gasteiger partial charge is 0.193 e. The molecule has 1 aliphatic heterocycles. The van der Waals surface area contributed by atoms with Gasteiger partial charge in [-0.3, -0.25) is 9.98 Å². The van der Waals surface area contributed by atoms with Crippen LogP contribution >= 0.6 is 56.9 Å². The molecule has 1 unspecified atom stereocenters. The van der Waals surface area contributed by atoms with E-state index in [9.17, 15) is 0 Å². The zero-order chi connectivity index (χ0) is 24.1. The highest BCUT2D eigenvalue weighted by Crippen LogP contribution is 2.43. The first-order valence-electron chi connectivity index (χ1n) is 10.4. The summed E-state index contributed by atoms with van der Waals surface area (Å²) in [7, 11) is 3.66. The molecular weight excluding hydrogens is 646 g/mol. The lowest BCUT2D eigenvalue weighted by molar-refractivity contribution is 0.398. The quantitative estimate of drug-likeness (QED) is 0.179. The Bertz CT molecular complexity index is 959. The fourth-order valence-corrected chi connectivity index (χ4v) is 5.49. The molecule has 1 aromatic rings. The first kappa shape index (κ1) is 27.5. The minimum absolute atomic E-state index is 0.129. The molecule has 2 N–H and O–H groups in total. The molecule has 1 aromatic heterocycles. The molecule has 0 aromatic carbocycles. The van der Waals surface area contributed by atoms with Crippen LogP contribution in [-0.4, -0.2) is 47.0 Å². The second-order valence-electron chi connectivity index (χ2n) is 8.22. The molecule has 174 valence electrons. The molecule has 2 heterocycles. The Labute approximate surface area is 223 Å². The Morgan fingerprint density at radius 3 is 2.56 bits per heavy atom. The van der Waals surface area contributed by atoms with Gasteiger partial charge in [0.1, 0.15) is 7.26 Å². The molecule has 0 saturated carbocycles.